The predicted octanol–water partition coefficient (Wildman–Crippen LogP) is 3.12. The van der Waals surface area contributed by atoms with Crippen LogP contribution in [0.4, 0.5) is 0 Å². The lowest BCUT2D eigenvalue weighted by atomic mass is 9.92. The van der Waals surface area contributed by atoms with Crippen molar-refractivity contribution in [2.24, 2.45) is 5.92 Å². The van der Waals surface area contributed by atoms with Crippen LogP contribution in [-0.2, 0) is 9.53 Å². The number of carbonyl (C=O) groups is 1. The lowest BCUT2D eigenvalue weighted by molar-refractivity contribution is -0.141. The van der Waals surface area contributed by atoms with Gasteiger partial charge in [0, 0.05) is 19.6 Å². The van der Waals surface area contributed by atoms with Crippen LogP contribution in [0.3, 0.4) is 0 Å². The van der Waals surface area contributed by atoms with Gasteiger partial charge in [0.05, 0.1) is 12.1 Å². The van der Waals surface area contributed by atoms with Gasteiger partial charge in [-0.3, -0.25) is 4.79 Å². The number of aromatic hydroxyl groups is 1. The smallest absolute Gasteiger partial charge is 0.226 e. The SMILES string of the molecule is CC[C@@H]1C[C@@H](C(=O)N(C)[C@H](C)c2cccc(O)c2)CCO1. The standard InChI is InChI=1S/C17H25NO3/c1-4-16-11-14(8-9-21-16)17(20)18(3)12(2)13-6-5-7-15(19)10-13/h5-7,10,12,14,16,19H,4,8-9,11H2,1-3H3/t12-,14+,16-/m1/s1. The molecule has 0 unspecified atom stereocenters. The van der Waals surface area contributed by atoms with Crippen molar-refractivity contribution < 1.29 is 14.6 Å². The van der Waals surface area contributed by atoms with E-state index < -0.39 is 0 Å². The van der Waals surface area contributed by atoms with E-state index in [9.17, 15) is 9.90 Å². The highest BCUT2D eigenvalue weighted by Crippen LogP contribution is 2.28. The van der Waals surface area contributed by atoms with Crippen molar-refractivity contribution in [1.29, 1.82) is 0 Å². The molecule has 116 valence electrons. The third-order valence-electron chi connectivity index (χ3n) is 4.45. The second kappa shape index (κ2) is 6.94. The average Bonchev–Trinajstić information content (AvgIpc) is 2.52. The second-order valence-electron chi connectivity index (χ2n) is 5.84. The monoisotopic (exact) mass is 291 g/mol. The molecule has 1 aliphatic heterocycles. The minimum Gasteiger partial charge on any atom is -0.508 e. The van der Waals surface area contributed by atoms with Crippen LogP contribution in [0.2, 0.25) is 0 Å². The van der Waals surface area contributed by atoms with Crippen LogP contribution in [0, 0.1) is 5.92 Å². The number of phenolic OH excluding ortho intramolecular Hbond substituents is 1. The van der Waals surface area contributed by atoms with Crippen LogP contribution >= 0.6 is 0 Å². The third kappa shape index (κ3) is 3.76. The average molecular weight is 291 g/mol. The summed E-state index contributed by atoms with van der Waals surface area (Å²) < 4.78 is 5.64. The molecule has 1 heterocycles. The van der Waals surface area contributed by atoms with Gasteiger partial charge in [0.1, 0.15) is 5.75 Å². The molecule has 1 aromatic rings. The third-order valence-corrected chi connectivity index (χ3v) is 4.45. The molecule has 0 aromatic heterocycles. The molecule has 1 N–H and O–H groups in total. The molecule has 0 saturated carbocycles. The van der Waals surface area contributed by atoms with E-state index in [0.29, 0.717) is 6.61 Å². The first kappa shape index (κ1) is 15.8. The van der Waals surface area contributed by atoms with Gasteiger partial charge < -0.3 is 14.7 Å². The summed E-state index contributed by atoms with van der Waals surface area (Å²) in [5, 5.41) is 9.58. The first-order valence-electron chi connectivity index (χ1n) is 7.70. The summed E-state index contributed by atoms with van der Waals surface area (Å²) in [4.78, 5) is 14.5. The molecule has 1 amide bonds. The number of amides is 1. The number of phenols is 1. The van der Waals surface area contributed by atoms with E-state index in [-0.39, 0.29) is 29.7 Å². The Labute approximate surface area is 126 Å². The maximum Gasteiger partial charge on any atom is 0.226 e. The zero-order valence-electron chi connectivity index (χ0n) is 13.1. The molecule has 21 heavy (non-hydrogen) atoms. The first-order chi connectivity index (χ1) is 10.0. The Bertz CT molecular complexity index is 489. The van der Waals surface area contributed by atoms with Crippen LogP contribution < -0.4 is 0 Å². The van der Waals surface area contributed by atoms with Crippen molar-refractivity contribution in [2.75, 3.05) is 13.7 Å². The molecular formula is C17H25NO3. The Kier molecular flexibility index (Phi) is 5.23. The summed E-state index contributed by atoms with van der Waals surface area (Å²) in [6, 6.07) is 7.05. The second-order valence-corrected chi connectivity index (χ2v) is 5.84. The summed E-state index contributed by atoms with van der Waals surface area (Å²) in [5.74, 6) is 0.457. The van der Waals surface area contributed by atoms with Crippen molar-refractivity contribution in [2.45, 2.75) is 45.3 Å². The van der Waals surface area contributed by atoms with E-state index in [1.54, 1.807) is 23.1 Å². The van der Waals surface area contributed by atoms with Crippen LogP contribution in [-0.4, -0.2) is 35.7 Å². The number of hydrogen-bond donors (Lipinski definition) is 1. The van der Waals surface area contributed by atoms with Gasteiger partial charge in [-0.25, -0.2) is 0 Å². The molecule has 0 spiro atoms. The number of carbonyl (C=O) groups excluding carboxylic acids is 1. The maximum absolute atomic E-state index is 12.7. The molecule has 0 bridgehead atoms. The summed E-state index contributed by atoms with van der Waals surface area (Å²) in [6.07, 6.45) is 2.77. The number of ether oxygens (including phenoxy) is 1. The number of benzene rings is 1. The Morgan fingerprint density at radius 1 is 1.52 bits per heavy atom. The van der Waals surface area contributed by atoms with Crippen molar-refractivity contribution in [1.82, 2.24) is 4.90 Å². The zero-order chi connectivity index (χ0) is 15.4. The Balaban J connectivity index is 2.04. The van der Waals surface area contributed by atoms with Gasteiger partial charge in [0.25, 0.3) is 0 Å². The molecule has 0 radical (unpaired) electrons. The fraction of sp³-hybridized carbons (Fsp3) is 0.588. The normalized spacial score (nSPS) is 23.6. The number of rotatable bonds is 4. The van der Waals surface area contributed by atoms with Crippen LogP contribution in [0.25, 0.3) is 0 Å². The summed E-state index contributed by atoms with van der Waals surface area (Å²) in [7, 11) is 1.84. The quantitative estimate of drug-likeness (QED) is 0.927. The van der Waals surface area contributed by atoms with Gasteiger partial charge >= 0.3 is 0 Å². The van der Waals surface area contributed by atoms with E-state index in [1.165, 1.54) is 0 Å². The van der Waals surface area contributed by atoms with Gasteiger partial charge in [0.2, 0.25) is 5.91 Å². The molecule has 2 rings (SSSR count). The van der Waals surface area contributed by atoms with Crippen LogP contribution in [0.1, 0.15) is 44.7 Å². The van der Waals surface area contributed by atoms with E-state index >= 15 is 0 Å². The van der Waals surface area contributed by atoms with E-state index in [0.717, 1.165) is 24.8 Å². The summed E-state index contributed by atoms with van der Waals surface area (Å²) in [6.45, 7) is 4.75. The maximum atomic E-state index is 12.7. The lowest BCUT2D eigenvalue weighted by Crippen LogP contribution is -2.39. The zero-order valence-corrected chi connectivity index (χ0v) is 13.1. The van der Waals surface area contributed by atoms with E-state index in [4.69, 9.17) is 4.74 Å². The molecule has 4 nitrogen and oxygen atoms in total. The fourth-order valence-electron chi connectivity index (χ4n) is 2.88. The van der Waals surface area contributed by atoms with Gasteiger partial charge in [0.15, 0.2) is 0 Å². The highest BCUT2D eigenvalue weighted by Gasteiger charge is 2.30. The van der Waals surface area contributed by atoms with Crippen LogP contribution in [0.5, 0.6) is 5.75 Å². The van der Waals surface area contributed by atoms with Crippen molar-refractivity contribution in [3.63, 3.8) is 0 Å². The largest absolute Gasteiger partial charge is 0.508 e. The van der Waals surface area contributed by atoms with E-state index in [2.05, 4.69) is 6.92 Å². The lowest BCUT2D eigenvalue weighted by Gasteiger charge is -2.33. The Morgan fingerprint density at radius 3 is 2.95 bits per heavy atom. The molecule has 1 fully saturated rings. The molecule has 0 aliphatic carbocycles. The Morgan fingerprint density at radius 2 is 2.29 bits per heavy atom. The topological polar surface area (TPSA) is 49.8 Å². The number of hydrogen-bond acceptors (Lipinski definition) is 3. The van der Waals surface area contributed by atoms with Crippen LogP contribution in [0.15, 0.2) is 24.3 Å². The van der Waals surface area contributed by atoms with Gasteiger partial charge in [-0.2, -0.15) is 0 Å². The van der Waals surface area contributed by atoms with Crippen molar-refractivity contribution >= 4 is 5.91 Å². The molecule has 1 aromatic carbocycles. The highest BCUT2D eigenvalue weighted by atomic mass is 16.5. The Hall–Kier alpha value is -1.55. The molecule has 4 heteroatoms. The highest BCUT2D eigenvalue weighted by molar-refractivity contribution is 5.79. The predicted molar refractivity (Wildman–Crippen MR) is 82.0 cm³/mol. The first-order valence-corrected chi connectivity index (χ1v) is 7.70. The van der Waals surface area contributed by atoms with Gasteiger partial charge in [-0.15, -0.1) is 0 Å². The minimum atomic E-state index is -0.0486. The summed E-state index contributed by atoms with van der Waals surface area (Å²) in [5.41, 5.74) is 0.949. The fourth-order valence-corrected chi connectivity index (χ4v) is 2.88. The number of nitrogens with zero attached hydrogens (tertiary/aromatic N) is 1. The molecule has 1 aliphatic rings. The van der Waals surface area contributed by atoms with Gasteiger partial charge in [-0.05, 0) is 43.9 Å². The van der Waals surface area contributed by atoms with Gasteiger partial charge in [-0.1, -0.05) is 19.1 Å². The molecule has 1 saturated heterocycles. The van der Waals surface area contributed by atoms with E-state index in [1.807, 2.05) is 20.0 Å². The van der Waals surface area contributed by atoms with Crippen molar-refractivity contribution in [3.8, 4) is 5.75 Å². The minimum absolute atomic E-state index is 0.0486. The molecular weight excluding hydrogens is 266 g/mol. The summed E-state index contributed by atoms with van der Waals surface area (Å²) >= 11 is 0. The molecule has 3 atom stereocenters. The van der Waals surface area contributed by atoms with Crippen molar-refractivity contribution in [3.05, 3.63) is 29.8 Å².